The van der Waals surface area contributed by atoms with Gasteiger partial charge in [0, 0.05) is 31.5 Å². The third kappa shape index (κ3) is 4.33. The molecule has 2 rings (SSSR count). The molecule has 1 aliphatic rings. The van der Waals surface area contributed by atoms with E-state index in [-0.39, 0.29) is 12.5 Å². The van der Waals surface area contributed by atoms with E-state index in [2.05, 4.69) is 0 Å². The molecule has 1 fully saturated rings. The summed E-state index contributed by atoms with van der Waals surface area (Å²) in [5.41, 5.74) is 2.26. The molecule has 1 aromatic rings. The Balaban J connectivity index is 2.65. The summed E-state index contributed by atoms with van der Waals surface area (Å²) < 4.78 is 11.3. The number of carbonyl (C=O) groups is 2. The molecule has 1 saturated heterocycles. The normalized spacial score (nSPS) is 18.0. The third-order valence-electron chi connectivity index (χ3n) is 5.22. The van der Waals surface area contributed by atoms with E-state index < -0.39 is 17.5 Å². The molecule has 0 saturated carbocycles. The quantitative estimate of drug-likeness (QED) is 0.710. The highest BCUT2D eigenvalue weighted by molar-refractivity contribution is 5.86. The number of rotatable bonds is 6. The van der Waals surface area contributed by atoms with Gasteiger partial charge in [0.2, 0.25) is 5.60 Å². The van der Waals surface area contributed by atoms with Crippen molar-refractivity contribution >= 4 is 11.9 Å². The van der Waals surface area contributed by atoms with Crippen LogP contribution in [0.2, 0.25) is 0 Å². The van der Waals surface area contributed by atoms with Crippen LogP contribution in [0, 0.1) is 26.7 Å². The molecule has 0 radical (unpaired) electrons. The van der Waals surface area contributed by atoms with Gasteiger partial charge < -0.3 is 14.3 Å². The highest BCUT2D eigenvalue weighted by Gasteiger charge is 2.54. The molecule has 0 aromatic heterocycles. The fraction of sp³-hybridized carbons (Fsp3) is 0.619. The van der Waals surface area contributed by atoms with Crippen LogP contribution in [-0.2, 0) is 29.5 Å². The van der Waals surface area contributed by atoms with E-state index in [4.69, 9.17) is 14.3 Å². The average Bonchev–Trinajstić information content (AvgIpc) is 2.59. The summed E-state index contributed by atoms with van der Waals surface area (Å²) in [7, 11) is 1.64. The number of ether oxygens (including phenoxy) is 2. The highest BCUT2D eigenvalue weighted by Crippen LogP contribution is 2.44. The number of piperidine rings is 1. The first kappa shape index (κ1) is 21.4. The Morgan fingerprint density at radius 3 is 2.15 bits per heavy atom. The summed E-state index contributed by atoms with van der Waals surface area (Å²) >= 11 is 0. The van der Waals surface area contributed by atoms with E-state index in [0.717, 1.165) is 22.3 Å². The first-order valence-electron chi connectivity index (χ1n) is 9.50. The Morgan fingerprint density at radius 1 is 1.15 bits per heavy atom. The molecule has 1 aliphatic heterocycles. The second-order valence-corrected chi connectivity index (χ2v) is 7.21. The number of carbonyl (C=O) groups excluding carboxylic acids is 2. The lowest BCUT2D eigenvalue weighted by Gasteiger charge is -2.43. The number of benzene rings is 1. The van der Waals surface area contributed by atoms with Crippen molar-refractivity contribution in [2.24, 2.45) is 5.92 Å². The van der Waals surface area contributed by atoms with Crippen LogP contribution in [0.3, 0.4) is 0 Å². The first-order valence-corrected chi connectivity index (χ1v) is 9.50. The van der Waals surface area contributed by atoms with E-state index in [1.807, 2.05) is 38.0 Å². The maximum absolute atomic E-state index is 13.3. The molecule has 0 N–H and O–H groups in total. The molecular formula is C21H31NO5. The summed E-state index contributed by atoms with van der Waals surface area (Å²) in [6.07, 6.45) is 1.32. The monoisotopic (exact) mass is 377 g/mol. The Kier molecular flexibility index (Phi) is 7.00. The number of hydroxylamine groups is 2. The smallest absolute Gasteiger partial charge is 0.355 e. The first-order chi connectivity index (χ1) is 12.8. The van der Waals surface area contributed by atoms with Crippen LogP contribution < -0.4 is 0 Å². The Hall–Kier alpha value is -1.92. The van der Waals surface area contributed by atoms with Gasteiger partial charge in [0.25, 0.3) is 0 Å². The van der Waals surface area contributed by atoms with Gasteiger partial charge in [0.1, 0.15) is 0 Å². The predicted molar refractivity (Wildman–Crippen MR) is 102 cm³/mol. The standard InChI is InChI=1S/C21H31NO5/c1-7-26-20(24)21(27-17(5)23,18-8-10-22(25-6)11-9-18)19-15(3)12-14(2)13-16(19)4/h12-13,18H,7-11H2,1-6H3. The Bertz CT molecular complexity index is 671. The van der Waals surface area contributed by atoms with Crippen LogP contribution in [-0.4, -0.2) is 43.8 Å². The van der Waals surface area contributed by atoms with Gasteiger partial charge in [-0.2, -0.15) is 5.06 Å². The van der Waals surface area contributed by atoms with Crippen molar-refractivity contribution in [1.29, 1.82) is 0 Å². The van der Waals surface area contributed by atoms with Crippen LogP contribution in [0.5, 0.6) is 0 Å². The van der Waals surface area contributed by atoms with Crippen molar-refractivity contribution in [3.05, 3.63) is 34.4 Å². The van der Waals surface area contributed by atoms with E-state index in [1.165, 1.54) is 6.92 Å². The molecule has 1 aromatic carbocycles. The fourth-order valence-corrected chi connectivity index (χ4v) is 4.32. The summed E-state index contributed by atoms with van der Waals surface area (Å²) in [6, 6.07) is 4.04. The molecule has 1 unspecified atom stereocenters. The fourth-order valence-electron chi connectivity index (χ4n) is 4.32. The zero-order chi connectivity index (χ0) is 20.2. The van der Waals surface area contributed by atoms with Crippen LogP contribution in [0.4, 0.5) is 0 Å². The zero-order valence-corrected chi connectivity index (χ0v) is 17.3. The van der Waals surface area contributed by atoms with E-state index in [0.29, 0.717) is 25.9 Å². The van der Waals surface area contributed by atoms with Gasteiger partial charge in [-0.25, -0.2) is 4.79 Å². The molecule has 0 bridgehead atoms. The van der Waals surface area contributed by atoms with Crippen LogP contribution in [0.1, 0.15) is 48.9 Å². The minimum absolute atomic E-state index is 0.188. The number of aryl methyl sites for hydroxylation is 3. The molecule has 0 spiro atoms. The predicted octanol–water partition coefficient (Wildman–Crippen LogP) is 3.21. The number of esters is 2. The van der Waals surface area contributed by atoms with Crippen molar-refractivity contribution < 1.29 is 23.9 Å². The van der Waals surface area contributed by atoms with Crippen molar-refractivity contribution in [1.82, 2.24) is 5.06 Å². The van der Waals surface area contributed by atoms with Crippen molar-refractivity contribution in [2.45, 2.75) is 53.1 Å². The minimum Gasteiger partial charge on any atom is -0.463 e. The molecule has 27 heavy (non-hydrogen) atoms. The Morgan fingerprint density at radius 2 is 1.70 bits per heavy atom. The molecule has 6 heteroatoms. The largest absolute Gasteiger partial charge is 0.463 e. The maximum Gasteiger partial charge on any atom is 0.355 e. The van der Waals surface area contributed by atoms with Crippen LogP contribution in [0.15, 0.2) is 12.1 Å². The molecule has 0 aliphatic carbocycles. The molecule has 0 amide bonds. The van der Waals surface area contributed by atoms with E-state index in [1.54, 1.807) is 14.0 Å². The maximum atomic E-state index is 13.3. The van der Waals surface area contributed by atoms with Gasteiger partial charge in [0.05, 0.1) is 13.7 Å². The van der Waals surface area contributed by atoms with Crippen molar-refractivity contribution in [3.8, 4) is 0 Å². The lowest BCUT2D eigenvalue weighted by Crippen LogP contribution is -2.52. The van der Waals surface area contributed by atoms with Crippen molar-refractivity contribution in [3.63, 3.8) is 0 Å². The summed E-state index contributed by atoms with van der Waals surface area (Å²) in [5, 5.41) is 1.86. The zero-order valence-electron chi connectivity index (χ0n) is 17.3. The van der Waals surface area contributed by atoms with Crippen LogP contribution in [0.25, 0.3) is 0 Å². The minimum atomic E-state index is -1.44. The topological polar surface area (TPSA) is 65.1 Å². The van der Waals surface area contributed by atoms with Gasteiger partial charge in [-0.05, 0) is 51.7 Å². The number of hydrogen-bond donors (Lipinski definition) is 0. The number of hydrogen-bond acceptors (Lipinski definition) is 6. The van der Waals surface area contributed by atoms with Gasteiger partial charge in [-0.3, -0.25) is 4.79 Å². The average molecular weight is 377 g/mol. The second-order valence-electron chi connectivity index (χ2n) is 7.21. The van der Waals surface area contributed by atoms with Gasteiger partial charge >= 0.3 is 11.9 Å². The lowest BCUT2D eigenvalue weighted by atomic mass is 9.72. The summed E-state index contributed by atoms with van der Waals surface area (Å²) in [4.78, 5) is 30.7. The van der Waals surface area contributed by atoms with Crippen LogP contribution >= 0.6 is 0 Å². The highest BCUT2D eigenvalue weighted by atomic mass is 16.7. The second kappa shape index (κ2) is 8.85. The lowest BCUT2D eigenvalue weighted by molar-refractivity contribution is -0.202. The molecular weight excluding hydrogens is 346 g/mol. The molecule has 6 nitrogen and oxygen atoms in total. The van der Waals surface area contributed by atoms with E-state index >= 15 is 0 Å². The van der Waals surface area contributed by atoms with Crippen molar-refractivity contribution in [2.75, 3.05) is 26.8 Å². The third-order valence-corrected chi connectivity index (χ3v) is 5.22. The van der Waals surface area contributed by atoms with Gasteiger partial charge in [-0.15, -0.1) is 0 Å². The van der Waals surface area contributed by atoms with Gasteiger partial charge in [-0.1, -0.05) is 17.7 Å². The molecule has 1 heterocycles. The Labute approximate surface area is 161 Å². The number of nitrogens with zero attached hydrogens (tertiary/aromatic N) is 1. The SMILES string of the molecule is CCOC(=O)C(OC(C)=O)(c1c(C)cc(C)cc1C)C1CCN(OC)CC1. The molecule has 1 atom stereocenters. The van der Waals surface area contributed by atoms with E-state index in [9.17, 15) is 9.59 Å². The summed E-state index contributed by atoms with van der Waals surface area (Å²) in [6.45, 7) is 10.6. The van der Waals surface area contributed by atoms with Gasteiger partial charge in [0.15, 0.2) is 0 Å². The molecule has 150 valence electrons. The summed E-state index contributed by atoms with van der Waals surface area (Å²) in [5.74, 6) is -1.17.